The van der Waals surface area contributed by atoms with E-state index in [2.05, 4.69) is 9.97 Å². The van der Waals surface area contributed by atoms with Gasteiger partial charge in [0, 0.05) is 10.4 Å². The van der Waals surface area contributed by atoms with Gasteiger partial charge in [0.1, 0.15) is 10.5 Å². The Morgan fingerprint density at radius 2 is 2.22 bits per heavy atom. The summed E-state index contributed by atoms with van der Waals surface area (Å²) in [5.41, 5.74) is 1.64. The highest BCUT2D eigenvalue weighted by atomic mass is 32.2. The number of aromatic amines is 1. The van der Waals surface area contributed by atoms with E-state index in [0.717, 1.165) is 20.9 Å². The summed E-state index contributed by atoms with van der Waals surface area (Å²) in [6.45, 7) is 3.16. The molecule has 3 aromatic rings. The van der Waals surface area contributed by atoms with Gasteiger partial charge in [-0.2, -0.15) is 0 Å². The van der Waals surface area contributed by atoms with E-state index in [1.165, 1.54) is 11.3 Å². The molecule has 23 heavy (non-hydrogen) atoms. The van der Waals surface area contributed by atoms with Crippen LogP contribution in [0.15, 0.2) is 40.0 Å². The molecular weight excluding hydrogens is 330 g/mol. The number of benzene rings is 1. The second kappa shape index (κ2) is 5.67. The van der Waals surface area contributed by atoms with Crippen molar-refractivity contribution in [2.75, 3.05) is 17.2 Å². The Kier molecular flexibility index (Phi) is 3.63. The number of fused-ring (bicyclic) bond motifs is 2. The van der Waals surface area contributed by atoms with E-state index in [1.54, 1.807) is 0 Å². The first-order valence-electron chi connectivity index (χ1n) is 7.33. The predicted octanol–water partition coefficient (Wildman–Crippen LogP) is 2.42. The molecule has 118 valence electrons. The van der Waals surface area contributed by atoms with Crippen molar-refractivity contribution in [3.63, 3.8) is 0 Å². The zero-order valence-electron chi connectivity index (χ0n) is 12.5. The number of thiophene rings is 1. The summed E-state index contributed by atoms with van der Waals surface area (Å²) < 4.78 is 13.0. The molecule has 0 amide bonds. The fourth-order valence-corrected chi connectivity index (χ4v) is 4.93. The minimum absolute atomic E-state index is 0.109. The van der Waals surface area contributed by atoms with Crippen molar-refractivity contribution in [3.05, 3.63) is 51.1 Å². The molecule has 2 aromatic heterocycles. The van der Waals surface area contributed by atoms with Crippen LogP contribution in [0.1, 0.15) is 10.4 Å². The number of aromatic nitrogens is 2. The number of anilines is 1. The van der Waals surface area contributed by atoms with Crippen molar-refractivity contribution in [3.8, 4) is 0 Å². The molecule has 0 bridgehead atoms. The van der Waals surface area contributed by atoms with Crippen LogP contribution in [0.4, 0.5) is 5.95 Å². The molecule has 1 atom stereocenters. The van der Waals surface area contributed by atoms with Crippen LogP contribution in [0.2, 0.25) is 0 Å². The molecule has 1 aliphatic rings. The van der Waals surface area contributed by atoms with Crippen molar-refractivity contribution in [2.45, 2.75) is 18.4 Å². The third-order valence-electron chi connectivity index (χ3n) is 3.92. The molecule has 0 aliphatic carbocycles. The smallest absolute Gasteiger partial charge is 0.270 e. The average molecular weight is 345 g/mol. The van der Waals surface area contributed by atoms with Crippen molar-refractivity contribution in [2.24, 2.45) is 0 Å². The minimum Gasteiger partial charge on any atom is -0.611 e. The van der Waals surface area contributed by atoms with E-state index in [4.69, 9.17) is 0 Å². The molecule has 7 heteroatoms. The van der Waals surface area contributed by atoms with Gasteiger partial charge in [-0.3, -0.25) is 9.78 Å². The van der Waals surface area contributed by atoms with Crippen molar-refractivity contribution in [1.29, 1.82) is 0 Å². The van der Waals surface area contributed by atoms with E-state index in [9.17, 15) is 9.35 Å². The molecule has 1 aliphatic heterocycles. The van der Waals surface area contributed by atoms with E-state index in [0.29, 0.717) is 29.5 Å². The summed E-state index contributed by atoms with van der Waals surface area (Å²) in [7, 11) is 0. The molecule has 1 N–H and O–H groups in total. The van der Waals surface area contributed by atoms with Gasteiger partial charge in [-0.05, 0) is 30.2 Å². The number of nitrogens with zero attached hydrogens (tertiary/aromatic N) is 2. The Labute approximate surface area is 140 Å². The highest BCUT2D eigenvalue weighted by Crippen LogP contribution is 2.26. The quantitative estimate of drug-likeness (QED) is 0.688. The average Bonchev–Trinajstić information content (AvgIpc) is 2.83. The maximum atomic E-state index is 12.4. The fraction of sp³-hybridized carbons (Fsp3) is 0.250. The second-order valence-electron chi connectivity index (χ2n) is 5.54. The Morgan fingerprint density at radius 3 is 3.09 bits per heavy atom. The van der Waals surface area contributed by atoms with E-state index >= 15 is 0 Å². The van der Waals surface area contributed by atoms with Crippen LogP contribution < -0.4 is 10.5 Å². The van der Waals surface area contributed by atoms with Crippen LogP contribution in [0.25, 0.3) is 10.2 Å². The molecule has 0 saturated heterocycles. The van der Waals surface area contributed by atoms with Crippen molar-refractivity contribution >= 4 is 38.7 Å². The highest BCUT2D eigenvalue weighted by Gasteiger charge is 2.25. The summed E-state index contributed by atoms with van der Waals surface area (Å²) in [5, 5.41) is 0. The number of hydrogen-bond donors (Lipinski definition) is 1. The van der Waals surface area contributed by atoms with Crippen LogP contribution in [0, 0.1) is 6.92 Å². The monoisotopic (exact) mass is 345 g/mol. The first-order chi connectivity index (χ1) is 11.1. The molecule has 3 heterocycles. The van der Waals surface area contributed by atoms with Crippen LogP contribution in [-0.2, 0) is 17.7 Å². The van der Waals surface area contributed by atoms with Gasteiger partial charge in [-0.15, -0.1) is 11.3 Å². The zero-order valence-corrected chi connectivity index (χ0v) is 14.2. The summed E-state index contributed by atoms with van der Waals surface area (Å²) in [5.74, 6) is 1.08. The van der Waals surface area contributed by atoms with Gasteiger partial charge in [0.05, 0.1) is 18.6 Å². The van der Waals surface area contributed by atoms with Crippen molar-refractivity contribution in [1.82, 2.24) is 9.97 Å². The van der Waals surface area contributed by atoms with Crippen LogP contribution >= 0.6 is 11.3 Å². The van der Waals surface area contributed by atoms with Gasteiger partial charge in [-0.1, -0.05) is 18.2 Å². The second-order valence-corrected chi connectivity index (χ2v) is 8.34. The molecule has 1 aromatic carbocycles. The first-order valence-corrected chi connectivity index (χ1v) is 9.47. The van der Waals surface area contributed by atoms with Gasteiger partial charge in [0.25, 0.3) is 5.56 Å². The maximum Gasteiger partial charge on any atom is 0.270 e. The molecule has 0 fully saturated rings. The minimum atomic E-state index is -1.01. The number of nitrogens with one attached hydrogen (secondary N) is 1. The van der Waals surface area contributed by atoms with Crippen LogP contribution in [0.3, 0.4) is 0 Å². The molecule has 5 nitrogen and oxygen atoms in total. The Bertz CT molecular complexity index is 934. The number of rotatable bonds is 1. The molecule has 0 spiro atoms. The zero-order chi connectivity index (χ0) is 16.0. The Balaban J connectivity index is 1.78. The lowest BCUT2D eigenvalue weighted by atomic mass is 10.2. The number of H-pyrrole nitrogens is 1. The first kappa shape index (κ1) is 14.7. The predicted molar refractivity (Wildman–Crippen MR) is 93.7 cm³/mol. The summed E-state index contributed by atoms with van der Waals surface area (Å²) in [4.78, 5) is 23.7. The van der Waals surface area contributed by atoms with E-state index < -0.39 is 11.2 Å². The van der Waals surface area contributed by atoms with Crippen molar-refractivity contribution < 1.29 is 4.55 Å². The maximum absolute atomic E-state index is 12.4. The van der Waals surface area contributed by atoms with Gasteiger partial charge in [0.15, 0.2) is 4.90 Å². The summed E-state index contributed by atoms with van der Waals surface area (Å²) >= 11 is 0.439. The summed E-state index contributed by atoms with van der Waals surface area (Å²) in [6, 6.07) is 9.68. The van der Waals surface area contributed by atoms with Gasteiger partial charge in [0.2, 0.25) is 5.95 Å². The lowest BCUT2D eigenvalue weighted by Gasteiger charge is -2.19. The topological polar surface area (TPSA) is 72.0 Å². The lowest BCUT2D eigenvalue weighted by Crippen LogP contribution is -2.29. The Morgan fingerprint density at radius 1 is 1.39 bits per heavy atom. The standard InChI is InChI=1S/C16H15N3O2S2/c1-10-8-12-14(22-10)15(20)18-16(17-12)19-6-7-23(21)13-5-3-2-4-11(13)9-19/h2-5,8H,6-7,9H2,1H3,(H,17,18,20). The normalized spacial score (nSPS) is 18.0. The number of aryl methyl sites for hydroxylation is 1. The fourth-order valence-electron chi connectivity index (χ4n) is 2.82. The molecule has 4 rings (SSSR count). The Hall–Kier alpha value is -1.83. The van der Waals surface area contributed by atoms with E-state index in [1.807, 2.05) is 42.2 Å². The lowest BCUT2D eigenvalue weighted by molar-refractivity contribution is 0.595. The third-order valence-corrected chi connectivity index (χ3v) is 6.40. The van der Waals surface area contributed by atoms with Gasteiger partial charge >= 0.3 is 0 Å². The van der Waals surface area contributed by atoms with Crippen LogP contribution in [0.5, 0.6) is 0 Å². The number of hydrogen-bond acceptors (Lipinski definition) is 5. The van der Waals surface area contributed by atoms with E-state index in [-0.39, 0.29) is 5.56 Å². The largest absolute Gasteiger partial charge is 0.611 e. The third kappa shape index (κ3) is 2.65. The molecule has 0 saturated carbocycles. The molecular formula is C16H15N3O2S2. The summed E-state index contributed by atoms with van der Waals surface area (Å²) in [6.07, 6.45) is 0. The van der Waals surface area contributed by atoms with Crippen LogP contribution in [-0.4, -0.2) is 26.8 Å². The van der Waals surface area contributed by atoms with Gasteiger partial charge in [-0.25, -0.2) is 4.98 Å². The SMILES string of the molecule is Cc1cc2nc(N3CC[S+]([O-])c4ccccc4C3)[nH]c(=O)c2s1. The highest BCUT2D eigenvalue weighted by molar-refractivity contribution is 7.91. The molecule has 1 unspecified atom stereocenters. The molecule has 0 radical (unpaired) electrons. The van der Waals surface area contributed by atoms with Gasteiger partial charge < -0.3 is 9.45 Å².